The smallest absolute Gasteiger partial charge is 0.253 e. The summed E-state index contributed by atoms with van der Waals surface area (Å²) in [6.45, 7) is 5.22. The van der Waals surface area contributed by atoms with Crippen LogP contribution in [0.5, 0.6) is 0 Å². The summed E-state index contributed by atoms with van der Waals surface area (Å²) < 4.78 is 0.970. The second-order valence-corrected chi connectivity index (χ2v) is 8.98. The first kappa shape index (κ1) is 22.1. The van der Waals surface area contributed by atoms with E-state index in [2.05, 4.69) is 31.2 Å². The molecule has 2 aromatic carbocycles. The number of hydrogen-bond acceptors (Lipinski definition) is 4. The van der Waals surface area contributed by atoms with E-state index >= 15 is 0 Å². The van der Waals surface area contributed by atoms with Crippen molar-refractivity contribution in [2.45, 2.75) is 32.7 Å². The summed E-state index contributed by atoms with van der Waals surface area (Å²) in [5.41, 5.74) is 3.58. The summed E-state index contributed by atoms with van der Waals surface area (Å²) >= 11 is 3.46. The Morgan fingerprint density at radius 2 is 1.59 bits per heavy atom. The lowest BCUT2D eigenvalue weighted by Gasteiger charge is -2.18. The average molecular weight is 493 g/mol. The lowest BCUT2D eigenvalue weighted by Crippen LogP contribution is -2.29. The van der Waals surface area contributed by atoms with Gasteiger partial charge in [0.1, 0.15) is 5.82 Å². The van der Waals surface area contributed by atoms with Gasteiger partial charge in [0.15, 0.2) is 0 Å². The van der Waals surface area contributed by atoms with Crippen molar-refractivity contribution in [3.8, 4) is 11.1 Å². The molecule has 1 saturated heterocycles. The van der Waals surface area contributed by atoms with E-state index in [-0.39, 0.29) is 17.9 Å². The SMILES string of the molecule is Cc1ncc([C@@H](C)NC(=O)c2cc(C(=O)N3CCCC3)cc(-c3ccc(Br)cc3)c2)cn1. The van der Waals surface area contributed by atoms with Crippen molar-refractivity contribution >= 4 is 27.7 Å². The van der Waals surface area contributed by atoms with Crippen LogP contribution in [0.3, 0.4) is 0 Å². The quantitative estimate of drug-likeness (QED) is 0.547. The second kappa shape index (κ2) is 9.61. The number of likely N-dealkylation sites (tertiary alicyclic amines) is 1. The molecule has 7 heteroatoms. The van der Waals surface area contributed by atoms with Gasteiger partial charge in [-0.1, -0.05) is 28.1 Å². The zero-order valence-corrected chi connectivity index (χ0v) is 19.7. The van der Waals surface area contributed by atoms with Crippen LogP contribution in [-0.2, 0) is 0 Å². The van der Waals surface area contributed by atoms with Crippen LogP contribution in [0.4, 0.5) is 0 Å². The topological polar surface area (TPSA) is 75.2 Å². The Morgan fingerprint density at radius 3 is 2.25 bits per heavy atom. The number of hydrogen-bond donors (Lipinski definition) is 1. The Bertz CT molecular complexity index is 1120. The number of carbonyl (C=O) groups is 2. The largest absolute Gasteiger partial charge is 0.345 e. The van der Waals surface area contributed by atoms with Gasteiger partial charge < -0.3 is 10.2 Å². The predicted molar refractivity (Wildman–Crippen MR) is 127 cm³/mol. The van der Waals surface area contributed by atoms with Crippen LogP contribution in [0.1, 0.15) is 57.9 Å². The standard InChI is InChI=1S/C25H25BrN4O2/c1-16(22-14-27-17(2)28-15-22)29-24(31)20-11-19(18-5-7-23(26)8-6-18)12-21(13-20)25(32)30-9-3-4-10-30/h5-8,11-16H,3-4,9-10H2,1-2H3,(H,29,31)/t16-/m1/s1. The molecular weight excluding hydrogens is 468 g/mol. The molecule has 6 nitrogen and oxygen atoms in total. The molecule has 1 aromatic heterocycles. The van der Waals surface area contributed by atoms with Gasteiger partial charge in [0.25, 0.3) is 11.8 Å². The predicted octanol–water partition coefficient (Wildman–Crippen LogP) is 4.94. The fourth-order valence-corrected chi connectivity index (χ4v) is 4.05. The van der Waals surface area contributed by atoms with Crippen LogP contribution >= 0.6 is 15.9 Å². The summed E-state index contributed by atoms with van der Waals surface area (Å²) in [5, 5.41) is 3.00. The van der Waals surface area contributed by atoms with Crippen molar-refractivity contribution < 1.29 is 9.59 Å². The maximum absolute atomic E-state index is 13.1. The van der Waals surface area contributed by atoms with Gasteiger partial charge in [0, 0.05) is 46.6 Å². The molecule has 0 aliphatic carbocycles. The Kier molecular flexibility index (Phi) is 6.65. The number of halogens is 1. The van der Waals surface area contributed by atoms with Gasteiger partial charge in [-0.25, -0.2) is 9.97 Å². The van der Waals surface area contributed by atoms with Crippen LogP contribution in [0, 0.1) is 6.92 Å². The van der Waals surface area contributed by atoms with E-state index in [4.69, 9.17) is 0 Å². The number of aryl methyl sites for hydroxylation is 1. The van der Waals surface area contributed by atoms with Crippen molar-refractivity contribution in [3.63, 3.8) is 0 Å². The summed E-state index contributed by atoms with van der Waals surface area (Å²) in [4.78, 5) is 36.5. The lowest BCUT2D eigenvalue weighted by molar-refractivity contribution is 0.0793. The summed E-state index contributed by atoms with van der Waals surface area (Å²) in [7, 11) is 0. The molecule has 0 unspecified atom stereocenters. The molecule has 1 fully saturated rings. The Balaban J connectivity index is 1.66. The molecule has 0 bridgehead atoms. The molecule has 3 aromatic rings. The molecule has 2 amide bonds. The maximum Gasteiger partial charge on any atom is 0.253 e. The van der Waals surface area contributed by atoms with Crippen molar-refractivity contribution in [1.82, 2.24) is 20.2 Å². The Labute approximate surface area is 196 Å². The molecule has 0 spiro atoms. The first-order valence-corrected chi connectivity index (χ1v) is 11.5. The van der Waals surface area contributed by atoms with Gasteiger partial charge in [-0.3, -0.25) is 9.59 Å². The van der Waals surface area contributed by atoms with Crippen LogP contribution in [0.25, 0.3) is 11.1 Å². The molecule has 32 heavy (non-hydrogen) atoms. The molecule has 0 radical (unpaired) electrons. The monoisotopic (exact) mass is 492 g/mol. The van der Waals surface area contributed by atoms with E-state index in [0.717, 1.165) is 47.1 Å². The number of aromatic nitrogens is 2. The molecule has 0 saturated carbocycles. The van der Waals surface area contributed by atoms with Gasteiger partial charge >= 0.3 is 0 Å². The number of carbonyl (C=O) groups excluding carboxylic acids is 2. The Morgan fingerprint density at radius 1 is 0.969 bits per heavy atom. The first-order valence-electron chi connectivity index (χ1n) is 10.7. The van der Waals surface area contributed by atoms with Crippen molar-refractivity contribution in [3.05, 3.63) is 81.8 Å². The average Bonchev–Trinajstić information content (AvgIpc) is 3.34. The molecule has 1 aliphatic heterocycles. The third-order valence-corrected chi connectivity index (χ3v) is 6.19. The molecule has 4 rings (SSSR count). The van der Waals surface area contributed by atoms with E-state index in [0.29, 0.717) is 17.0 Å². The zero-order chi connectivity index (χ0) is 22.7. The molecule has 2 heterocycles. The highest BCUT2D eigenvalue weighted by Crippen LogP contribution is 2.26. The highest BCUT2D eigenvalue weighted by atomic mass is 79.9. The van der Waals surface area contributed by atoms with E-state index < -0.39 is 0 Å². The lowest BCUT2D eigenvalue weighted by atomic mass is 9.98. The highest BCUT2D eigenvalue weighted by Gasteiger charge is 2.22. The van der Waals surface area contributed by atoms with E-state index in [1.165, 1.54) is 0 Å². The van der Waals surface area contributed by atoms with Crippen molar-refractivity contribution in [2.24, 2.45) is 0 Å². The Hall–Kier alpha value is -3.06. The summed E-state index contributed by atoms with van der Waals surface area (Å²) in [6.07, 6.45) is 5.46. The van der Waals surface area contributed by atoms with Crippen LogP contribution in [-0.4, -0.2) is 39.8 Å². The van der Waals surface area contributed by atoms with Gasteiger partial charge in [0.05, 0.1) is 6.04 Å². The number of rotatable bonds is 5. The molecule has 164 valence electrons. The number of nitrogens with zero attached hydrogens (tertiary/aromatic N) is 3. The number of nitrogens with one attached hydrogen (secondary N) is 1. The fourth-order valence-electron chi connectivity index (χ4n) is 3.78. The van der Waals surface area contributed by atoms with Crippen molar-refractivity contribution in [1.29, 1.82) is 0 Å². The third-order valence-electron chi connectivity index (χ3n) is 5.66. The van der Waals surface area contributed by atoms with Crippen LogP contribution in [0.2, 0.25) is 0 Å². The van der Waals surface area contributed by atoms with Gasteiger partial charge in [-0.05, 0) is 68.1 Å². The number of amides is 2. The van der Waals surface area contributed by atoms with Crippen LogP contribution < -0.4 is 5.32 Å². The van der Waals surface area contributed by atoms with Crippen molar-refractivity contribution in [2.75, 3.05) is 13.1 Å². The minimum atomic E-state index is -0.267. The second-order valence-electron chi connectivity index (χ2n) is 8.06. The van der Waals surface area contributed by atoms with Gasteiger partial charge in [-0.15, -0.1) is 0 Å². The highest BCUT2D eigenvalue weighted by molar-refractivity contribution is 9.10. The maximum atomic E-state index is 13.1. The molecule has 1 N–H and O–H groups in total. The van der Waals surface area contributed by atoms with E-state index in [1.807, 2.05) is 55.1 Å². The van der Waals surface area contributed by atoms with E-state index in [9.17, 15) is 9.59 Å². The van der Waals surface area contributed by atoms with Gasteiger partial charge in [-0.2, -0.15) is 0 Å². The fraction of sp³-hybridized carbons (Fsp3) is 0.280. The molecule has 1 aliphatic rings. The van der Waals surface area contributed by atoms with E-state index in [1.54, 1.807) is 18.5 Å². The van der Waals surface area contributed by atoms with Crippen LogP contribution in [0.15, 0.2) is 59.3 Å². The minimum absolute atomic E-state index is 0.0319. The summed E-state index contributed by atoms with van der Waals surface area (Å²) in [6, 6.07) is 13.0. The number of benzene rings is 2. The van der Waals surface area contributed by atoms with Gasteiger partial charge in [0.2, 0.25) is 0 Å². The zero-order valence-electron chi connectivity index (χ0n) is 18.1. The molecular formula is C25H25BrN4O2. The molecule has 1 atom stereocenters. The first-order chi connectivity index (χ1) is 15.4. The third kappa shape index (κ3) is 5.05. The summed E-state index contributed by atoms with van der Waals surface area (Å²) in [5.74, 6) is 0.405. The minimum Gasteiger partial charge on any atom is -0.345 e. The normalized spacial score (nSPS) is 14.3.